The molecule has 5 aromatic carbocycles. The second kappa shape index (κ2) is 18.3. The Labute approximate surface area is 322 Å². The number of benzene rings is 5. The number of phenolic OH excluding ortho intramolecular Hbond substituents is 1. The molecule has 55 heavy (non-hydrogen) atoms. The van der Waals surface area contributed by atoms with Crippen LogP contribution in [0.25, 0.3) is 10.9 Å². The number of halogens is 1. The maximum atomic E-state index is 13.9. The molecule has 0 saturated heterocycles. The summed E-state index contributed by atoms with van der Waals surface area (Å²) < 4.78 is 6.08. The number of hydrogen-bond donors (Lipinski definition) is 6. The number of carbonyl (C=O) groups excluding carboxylic acids is 1. The molecule has 0 spiro atoms. The van der Waals surface area contributed by atoms with Gasteiger partial charge in [-0.2, -0.15) is 0 Å². The lowest BCUT2D eigenvalue weighted by Gasteiger charge is -2.24. The molecular weight excluding hydrogens is 720 g/mol. The number of amides is 2. The highest BCUT2D eigenvalue weighted by Crippen LogP contribution is 2.29. The van der Waals surface area contributed by atoms with Crippen molar-refractivity contribution in [1.82, 2.24) is 20.5 Å². The van der Waals surface area contributed by atoms with Crippen molar-refractivity contribution < 1.29 is 29.6 Å². The number of aromatic hydroxyl groups is 1. The number of pyridine rings is 1. The number of aromatic nitrogens is 1. The highest BCUT2D eigenvalue weighted by molar-refractivity contribution is 6.31. The van der Waals surface area contributed by atoms with Gasteiger partial charge >= 0.3 is 6.09 Å². The maximum Gasteiger partial charge on any atom is 0.405 e. The van der Waals surface area contributed by atoms with Gasteiger partial charge in [-0.05, 0) is 83.2 Å². The molecule has 2 amide bonds. The topological polar surface area (TPSA) is 164 Å². The lowest BCUT2D eigenvalue weighted by molar-refractivity contribution is 0.0740. The first-order valence-electron chi connectivity index (χ1n) is 17.8. The Kier molecular flexibility index (Phi) is 12.8. The molecule has 282 valence electrons. The number of carbonyl (C=O) groups is 2. The van der Waals surface area contributed by atoms with Crippen LogP contribution in [0.4, 0.5) is 4.79 Å². The standard InChI is InChI=1S/C43H41ClN4O7/c44-36-13-5-4-10-32(36)26-48(23-7-22-45-25-38(50)34-18-20-37(49)41-35(34)19-21-39(51)46-41)42(52)30-16-14-28(15-17-30)27-55-33-12-6-11-31(24-33)40(47-43(53)54)29-8-2-1-3-9-29/h1-6,8-21,24,38,40,45,47,49-50H,7,22-23,25-27H2,(H,46,51)(H,53,54)/t38-,40-/m0/s1. The van der Waals surface area contributed by atoms with Crippen LogP contribution in [-0.2, 0) is 13.2 Å². The van der Waals surface area contributed by atoms with E-state index in [0.717, 1.165) is 22.3 Å². The number of aromatic amines is 1. The number of phenols is 1. The number of aliphatic hydroxyl groups is 1. The molecule has 0 aliphatic heterocycles. The second-order valence-electron chi connectivity index (χ2n) is 13.0. The summed E-state index contributed by atoms with van der Waals surface area (Å²) in [6.07, 6.45) is -1.44. The van der Waals surface area contributed by atoms with E-state index in [-0.39, 0.29) is 35.9 Å². The van der Waals surface area contributed by atoms with Crippen LogP contribution < -0.4 is 20.9 Å². The molecule has 6 aromatic rings. The first kappa shape index (κ1) is 38.6. The van der Waals surface area contributed by atoms with Crippen LogP contribution in [0.3, 0.4) is 0 Å². The maximum absolute atomic E-state index is 13.9. The lowest BCUT2D eigenvalue weighted by Crippen LogP contribution is -2.33. The van der Waals surface area contributed by atoms with Gasteiger partial charge < -0.3 is 40.6 Å². The van der Waals surface area contributed by atoms with Gasteiger partial charge in [-0.25, -0.2) is 4.79 Å². The average Bonchev–Trinajstić information content (AvgIpc) is 3.20. The fourth-order valence-electron chi connectivity index (χ4n) is 6.38. The zero-order chi connectivity index (χ0) is 38.7. The van der Waals surface area contributed by atoms with Gasteiger partial charge in [0.2, 0.25) is 5.56 Å². The van der Waals surface area contributed by atoms with Crippen LogP contribution in [-0.4, -0.2) is 56.8 Å². The summed E-state index contributed by atoms with van der Waals surface area (Å²) in [5.74, 6) is 0.336. The van der Waals surface area contributed by atoms with E-state index in [4.69, 9.17) is 16.3 Å². The monoisotopic (exact) mass is 760 g/mol. The van der Waals surface area contributed by atoms with E-state index in [1.165, 1.54) is 12.1 Å². The van der Waals surface area contributed by atoms with Gasteiger partial charge in [-0.15, -0.1) is 0 Å². The van der Waals surface area contributed by atoms with Crippen molar-refractivity contribution in [3.8, 4) is 11.5 Å². The lowest BCUT2D eigenvalue weighted by atomic mass is 9.98. The number of ether oxygens (including phenoxy) is 1. The van der Waals surface area contributed by atoms with Crippen LogP contribution in [0.2, 0.25) is 5.02 Å². The van der Waals surface area contributed by atoms with Gasteiger partial charge in [0.25, 0.3) is 5.91 Å². The number of hydrogen-bond acceptors (Lipinski definition) is 7. The highest BCUT2D eigenvalue weighted by atomic mass is 35.5. The van der Waals surface area contributed by atoms with Crippen molar-refractivity contribution in [2.75, 3.05) is 19.6 Å². The number of carboxylic acid groups (broad SMARTS) is 1. The third-order valence-electron chi connectivity index (χ3n) is 9.19. The zero-order valence-electron chi connectivity index (χ0n) is 29.8. The minimum absolute atomic E-state index is 0.0738. The molecule has 0 bridgehead atoms. The van der Waals surface area contributed by atoms with Crippen molar-refractivity contribution in [3.05, 3.63) is 176 Å². The number of fused-ring (bicyclic) bond motifs is 1. The summed E-state index contributed by atoms with van der Waals surface area (Å²) >= 11 is 6.49. The predicted molar refractivity (Wildman–Crippen MR) is 212 cm³/mol. The molecule has 0 fully saturated rings. The molecule has 0 unspecified atom stereocenters. The van der Waals surface area contributed by atoms with E-state index >= 15 is 0 Å². The Bertz CT molecular complexity index is 2300. The third kappa shape index (κ3) is 10.1. The van der Waals surface area contributed by atoms with E-state index in [9.17, 15) is 29.7 Å². The van der Waals surface area contributed by atoms with Gasteiger partial charge in [0.05, 0.1) is 17.7 Å². The minimum Gasteiger partial charge on any atom is -0.506 e. The zero-order valence-corrected chi connectivity index (χ0v) is 30.6. The molecule has 2 atom stereocenters. The van der Waals surface area contributed by atoms with Crippen LogP contribution in [0.5, 0.6) is 11.5 Å². The molecule has 6 rings (SSSR count). The Morgan fingerprint density at radius 3 is 2.36 bits per heavy atom. The van der Waals surface area contributed by atoms with Gasteiger partial charge in [0.1, 0.15) is 18.1 Å². The van der Waals surface area contributed by atoms with Crippen molar-refractivity contribution in [2.45, 2.75) is 31.7 Å². The van der Waals surface area contributed by atoms with Crippen molar-refractivity contribution >= 4 is 34.5 Å². The quantitative estimate of drug-likeness (QED) is 0.0565. The summed E-state index contributed by atoms with van der Waals surface area (Å²) in [4.78, 5) is 41.6. The van der Waals surface area contributed by atoms with E-state index < -0.39 is 18.2 Å². The predicted octanol–water partition coefficient (Wildman–Crippen LogP) is 7.18. The fraction of sp³-hybridized carbons (Fsp3) is 0.186. The van der Waals surface area contributed by atoms with Gasteiger partial charge in [-0.3, -0.25) is 9.59 Å². The van der Waals surface area contributed by atoms with Crippen LogP contribution in [0.1, 0.15) is 56.7 Å². The summed E-state index contributed by atoms with van der Waals surface area (Å²) in [5, 5.41) is 37.5. The average molecular weight is 761 g/mol. The third-order valence-corrected chi connectivity index (χ3v) is 9.56. The molecule has 11 nitrogen and oxygen atoms in total. The van der Waals surface area contributed by atoms with Gasteiger partial charge in [-0.1, -0.05) is 90.5 Å². The van der Waals surface area contributed by atoms with E-state index in [2.05, 4.69) is 15.6 Å². The molecule has 1 heterocycles. The second-order valence-corrected chi connectivity index (χ2v) is 13.4. The SMILES string of the molecule is O=C(O)N[C@@H](c1ccccc1)c1cccc(OCc2ccc(C(=O)N(CCCNC[C@H](O)c3ccc(O)c4[nH]c(=O)ccc34)Cc3ccccc3Cl)cc2)c1. The number of H-pyrrole nitrogens is 1. The van der Waals surface area contributed by atoms with Crippen molar-refractivity contribution in [2.24, 2.45) is 0 Å². The number of rotatable bonds is 16. The first-order valence-corrected chi connectivity index (χ1v) is 18.2. The summed E-state index contributed by atoms with van der Waals surface area (Å²) in [7, 11) is 0. The van der Waals surface area contributed by atoms with Crippen LogP contribution in [0.15, 0.2) is 132 Å². The molecule has 12 heteroatoms. The van der Waals surface area contributed by atoms with Gasteiger partial charge in [0, 0.05) is 41.7 Å². The summed E-state index contributed by atoms with van der Waals surface area (Å²) in [6, 6.07) is 36.7. The van der Waals surface area contributed by atoms with Crippen LogP contribution in [0, 0.1) is 0 Å². The molecule has 0 saturated carbocycles. The molecule has 6 N–H and O–H groups in total. The first-order chi connectivity index (χ1) is 26.7. The smallest absolute Gasteiger partial charge is 0.405 e. The number of aliphatic hydroxyl groups excluding tert-OH is 1. The summed E-state index contributed by atoms with van der Waals surface area (Å²) in [6.45, 7) is 1.68. The van der Waals surface area contributed by atoms with Crippen molar-refractivity contribution in [1.29, 1.82) is 0 Å². The fourth-order valence-corrected chi connectivity index (χ4v) is 6.58. The molecule has 0 aliphatic carbocycles. The number of nitrogens with zero attached hydrogens (tertiary/aromatic N) is 1. The molecule has 0 radical (unpaired) electrons. The molecular formula is C43H41ClN4O7. The largest absolute Gasteiger partial charge is 0.506 e. The van der Waals surface area contributed by atoms with E-state index in [1.807, 2.05) is 84.9 Å². The van der Waals surface area contributed by atoms with Crippen molar-refractivity contribution in [3.63, 3.8) is 0 Å². The minimum atomic E-state index is -1.13. The van der Waals surface area contributed by atoms with Gasteiger partial charge in [0.15, 0.2) is 0 Å². The number of nitrogens with one attached hydrogen (secondary N) is 3. The molecule has 0 aliphatic rings. The normalized spacial score (nSPS) is 12.2. The van der Waals surface area contributed by atoms with Crippen LogP contribution >= 0.6 is 11.6 Å². The molecule has 1 aromatic heterocycles. The summed E-state index contributed by atoms with van der Waals surface area (Å²) in [5.41, 5.74) is 4.20. The highest BCUT2D eigenvalue weighted by Gasteiger charge is 2.19. The van der Waals surface area contributed by atoms with E-state index in [1.54, 1.807) is 35.2 Å². The van der Waals surface area contributed by atoms with E-state index in [0.29, 0.717) is 53.3 Å². The Morgan fingerprint density at radius 2 is 1.60 bits per heavy atom. The Hall–Kier alpha value is -6.14. The Morgan fingerprint density at radius 1 is 0.855 bits per heavy atom. The Balaban J connectivity index is 1.07.